The van der Waals surface area contributed by atoms with Gasteiger partial charge in [-0.1, -0.05) is 36.4 Å². The molecular formula is C20H17NO5. The van der Waals surface area contributed by atoms with E-state index in [1.54, 1.807) is 24.4 Å². The maximum atomic E-state index is 13.0. The van der Waals surface area contributed by atoms with Crippen LogP contribution in [0.5, 0.6) is 0 Å². The SMILES string of the molecule is COC(=O)c1c(Cc2ccccc2)c(=O)n2ccccc2c1C(=O)OC. The molecule has 2 aromatic heterocycles. The van der Waals surface area contributed by atoms with Crippen LogP contribution in [0.25, 0.3) is 5.52 Å². The van der Waals surface area contributed by atoms with Crippen LogP contribution in [-0.2, 0) is 15.9 Å². The first-order chi connectivity index (χ1) is 12.6. The van der Waals surface area contributed by atoms with Crippen molar-refractivity contribution in [2.24, 2.45) is 0 Å². The summed E-state index contributed by atoms with van der Waals surface area (Å²) in [5, 5.41) is 0. The van der Waals surface area contributed by atoms with E-state index >= 15 is 0 Å². The van der Waals surface area contributed by atoms with Gasteiger partial charge in [0.1, 0.15) is 0 Å². The Labute approximate surface area is 149 Å². The van der Waals surface area contributed by atoms with Crippen molar-refractivity contribution < 1.29 is 19.1 Å². The maximum absolute atomic E-state index is 13.0. The molecule has 0 aliphatic rings. The summed E-state index contributed by atoms with van der Waals surface area (Å²) < 4.78 is 11.1. The number of aromatic nitrogens is 1. The minimum absolute atomic E-state index is 0.0190. The van der Waals surface area contributed by atoms with E-state index in [-0.39, 0.29) is 28.7 Å². The minimum atomic E-state index is -0.750. The average molecular weight is 351 g/mol. The Morgan fingerprint density at radius 3 is 2.15 bits per heavy atom. The number of carbonyl (C=O) groups is 2. The van der Waals surface area contributed by atoms with Gasteiger partial charge in [-0.05, 0) is 17.7 Å². The van der Waals surface area contributed by atoms with Crippen LogP contribution in [0.3, 0.4) is 0 Å². The van der Waals surface area contributed by atoms with Crippen LogP contribution in [0.4, 0.5) is 0 Å². The highest BCUT2D eigenvalue weighted by Crippen LogP contribution is 2.22. The number of rotatable bonds is 4. The van der Waals surface area contributed by atoms with Gasteiger partial charge >= 0.3 is 11.9 Å². The number of ether oxygens (including phenoxy) is 2. The molecule has 1 aromatic carbocycles. The molecule has 0 fully saturated rings. The van der Waals surface area contributed by atoms with E-state index in [9.17, 15) is 14.4 Å². The Morgan fingerprint density at radius 1 is 0.885 bits per heavy atom. The Kier molecular flexibility index (Phi) is 4.84. The number of fused-ring (bicyclic) bond motifs is 1. The summed E-state index contributed by atoms with van der Waals surface area (Å²) in [5.74, 6) is -1.46. The monoisotopic (exact) mass is 351 g/mol. The van der Waals surface area contributed by atoms with Gasteiger partial charge in [-0.2, -0.15) is 0 Å². The molecule has 0 radical (unpaired) electrons. The lowest BCUT2D eigenvalue weighted by Gasteiger charge is -2.15. The van der Waals surface area contributed by atoms with Gasteiger partial charge < -0.3 is 9.47 Å². The molecular weight excluding hydrogens is 334 g/mol. The Balaban J connectivity index is 2.41. The van der Waals surface area contributed by atoms with E-state index in [1.807, 2.05) is 30.3 Å². The zero-order valence-corrected chi connectivity index (χ0v) is 14.4. The van der Waals surface area contributed by atoms with Gasteiger partial charge in [-0.25, -0.2) is 9.59 Å². The van der Waals surface area contributed by atoms with Gasteiger partial charge in [0.05, 0.1) is 30.9 Å². The predicted molar refractivity (Wildman–Crippen MR) is 95.6 cm³/mol. The third-order valence-corrected chi connectivity index (χ3v) is 4.15. The van der Waals surface area contributed by atoms with Gasteiger partial charge in [0, 0.05) is 18.2 Å². The lowest BCUT2D eigenvalue weighted by molar-refractivity contribution is 0.0555. The minimum Gasteiger partial charge on any atom is -0.465 e. The summed E-state index contributed by atoms with van der Waals surface area (Å²) in [4.78, 5) is 38.0. The second-order valence-electron chi connectivity index (χ2n) is 5.64. The standard InChI is InChI=1S/C20H17NO5/c1-25-19(23)16-14(12-13-8-4-3-5-9-13)18(22)21-11-7-6-10-15(21)17(16)20(24)26-2/h3-11H,12H2,1-2H3. The number of carbonyl (C=O) groups excluding carboxylic acids is 2. The molecule has 0 aliphatic heterocycles. The molecule has 26 heavy (non-hydrogen) atoms. The fourth-order valence-corrected chi connectivity index (χ4v) is 2.96. The lowest BCUT2D eigenvalue weighted by Crippen LogP contribution is -2.28. The summed E-state index contributed by atoms with van der Waals surface area (Å²) in [6, 6.07) is 14.2. The van der Waals surface area contributed by atoms with E-state index in [1.165, 1.54) is 18.6 Å². The molecule has 2 heterocycles. The van der Waals surface area contributed by atoms with Crippen LogP contribution >= 0.6 is 0 Å². The highest BCUT2D eigenvalue weighted by molar-refractivity contribution is 6.08. The number of hydrogen-bond acceptors (Lipinski definition) is 5. The highest BCUT2D eigenvalue weighted by atomic mass is 16.5. The molecule has 132 valence electrons. The number of pyridine rings is 2. The Bertz CT molecular complexity index is 1040. The summed E-state index contributed by atoms with van der Waals surface area (Å²) in [6.07, 6.45) is 1.74. The van der Waals surface area contributed by atoms with Crippen LogP contribution in [0, 0.1) is 0 Å². The second kappa shape index (κ2) is 7.23. The van der Waals surface area contributed by atoms with Gasteiger partial charge in [0.25, 0.3) is 5.56 Å². The fourth-order valence-electron chi connectivity index (χ4n) is 2.96. The highest BCUT2D eigenvalue weighted by Gasteiger charge is 2.28. The zero-order valence-electron chi connectivity index (χ0n) is 14.4. The normalized spacial score (nSPS) is 10.5. The number of methoxy groups -OCH3 is 2. The lowest BCUT2D eigenvalue weighted by atomic mass is 9.96. The van der Waals surface area contributed by atoms with E-state index < -0.39 is 11.9 Å². The summed E-state index contributed by atoms with van der Waals surface area (Å²) in [5.41, 5.74) is 0.901. The Hall–Kier alpha value is -3.41. The number of hydrogen-bond donors (Lipinski definition) is 0. The van der Waals surface area contributed by atoms with Crippen LogP contribution in [0.2, 0.25) is 0 Å². The number of esters is 2. The molecule has 0 spiro atoms. The molecule has 0 unspecified atom stereocenters. The van der Waals surface area contributed by atoms with Gasteiger partial charge in [0.2, 0.25) is 0 Å². The molecule has 0 aliphatic carbocycles. The van der Waals surface area contributed by atoms with Gasteiger partial charge in [0.15, 0.2) is 0 Å². The summed E-state index contributed by atoms with van der Waals surface area (Å²) in [7, 11) is 2.44. The second-order valence-corrected chi connectivity index (χ2v) is 5.64. The number of nitrogens with zero attached hydrogens (tertiary/aromatic N) is 1. The predicted octanol–water partition coefficient (Wildman–Crippen LogP) is 2.46. The number of benzene rings is 1. The first-order valence-corrected chi connectivity index (χ1v) is 7.95. The zero-order chi connectivity index (χ0) is 18.7. The maximum Gasteiger partial charge on any atom is 0.340 e. The summed E-state index contributed by atoms with van der Waals surface area (Å²) in [6.45, 7) is 0. The first-order valence-electron chi connectivity index (χ1n) is 7.95. The van der Waals surface area contributed by atoms with Crippen molar-refractivity contribution in [1.29, 1.82) is 0 Å². The van der Waals surface area contributed by atoms with Crippen LogP contribution in [-0.4, -0.2) is 30.6 Å². The van der Waals surface area contributed by atoms with E-state index in [2.05, 4.69) is 0 Å². The van der Waals surface area contributed by atoms with E-state index in [4.69, 9.17) is 9.47 Å². The quantitative estimate of drug-likeness (QED) is 0.675. The van der Waals surface area contributed by atoms with Crippen molar-refractivity contribution in [2.45, 2.75) is 6.42 Å². The fraction of sp³-hybridized carbons (Fsp3) is 0.150. The van der Waals surface area contributed by atoms with Gasteiger partial charge in [-0.15, -0.1) is 0 Å². The van der Waals surface area contributed by atoms with Crippen molar-refractivity contribution in [2.75, 3.05) is 14.2 Å². The largest absolute Gasteiger partial charge is 0.465 e. The average Bonchev–Trinajstić information content (AvgIpc) is 2.69. The molecule has 3 rings (SSSR count). The molecule has 0 amide bonds. The van der Waals surface area contributed by atoms with Crippen molar-refractivity contribution >= 4 is 17.5 Å². The van der Waals surface area contributed by atoms with Crippen LogP contribution in [0.15, 0.2) is 59.5 Å². The molecule has 6 nitrogen and oxygen atoms in total. The summed E-state index contributed by atoms with van der Waals surface area (Å²) >= 11 is 0. The molecule has 6 heteroatoms. The van der Waals surface area contributed by atoms with Crippen molar-refractivity contribution in [1.82, 2.24) is 4.40 Å². The van der Waals surface area contributed by atoms with Crippen LogP contribution < -0.4 is 5.56 Å². The van der Waals surface area contributed by atoms with Gasteiger partial charge in [-0.3, -0.25) is 9.20 Å². The van der Waals surface area contributed by atoms with E-state index in [0.717, 1.165) is 5.56 Å². The molecule has 0 bridgehead atoms. The molecule has 0 atom stereocenters. The van der Waals surface area contributed by atoms with Crippen molar-refractivity contribution in [3.05, 3.63) is 87.3 Å². The van der Waals surface area contributed by atoms with Crippen molar-refractivity contribution in [3.8, 4) is 0 Å². The van der Waals surface area contributed by atoms with Crippen molar-refractivity contribution in [3.63, 3.8) is 0 Å². The first kappa shape index (κ1) is 17.4. The molecule has 3 aromatic rings. The topological polar surface area (TPSA) is 74.1 Å². The molecule has 0 saturated heterocycles. The third kappa shape index (κ3) is 2.97. The molecule has 0 saturated carbocycles. The van der Waals surface area contributed by atoms with Crippen LogP contribution in [0.1, 0.15) is 31.8 Å². The smallest absolute Gasteiger partial charge is 0.340 e. The third-order valence-electron chi connectivity index (χ3n) is 4.15. The molecule has 0 N–H and O–H groups in total. The van der Waals surface area contributed by atoms with E-state index in [0.29, 0.717) is 5.52 Å². The Morgan fingerprint density at radius 2 is 1.50 bits per heavy atom.